The van der Waals surface area contributed by atoms with E-state index in [1.165, 1.54) is 4.90 Å². The van der Waals surface area contributed by atoms with Crippen molar-refractivity contribution in [3.05, 3.63) is 107 Å². The number of aliphatic hydroxyl groups is 1. The van der Waals surface area contributed by atoms with Crippen LogP contribution in [-0.2, 0) is 16.0 Å². The van der Waals surface area contributed by atoms with Gasteiger partial charge in [-0.25, -0.2) is 0 Å². The quantitative estimate of drug-likeness (QED) is 0.631. The summed E-state index contributed by atoms with van der Waals surface area (Å²) in [6.45, 7) is 3.90. The highest BCUT2D eigenvalue weighted by molar-refractivity contribution is 6.16. The van der Waals surface area contributed by atoms with Gasteiger partial charge in [0.05, 0.1) is 11.6 Å². The molecule has 31 heavy (non-hydrogen) atoms. The number of rotatable bonds is 6. The smallest absolute Gasteiger partial charge is 0.294 e. The van der Waals surface area contributed by atoms with E-state index in [2.05, 4.69) is 4.98 Å². The Morgan fingerprint density at radius 1 is 1.03 bits per heavy atom. The second-order valence-electron chi connectivity index (χ2n) is 7.75. The lowest BCUT2D eigenvalue weighted by Crippen LogP contribution is -2.31. The standard InChI is InChI=1S/C26H24N2O3/c1-17-8-6-12-21(18(17)2)28-24(20-11-7-15-27-16-20)23(25(30)26(28)31)22(29)14-13-19-9-4-3-5-10-19/h3-12,15-16,24,30H,13-14H2,1-2H3. The van der Waals surface area contributed by atoms with E-state index >= 15 is 0 Å². The van der Waals surface area contributed by atoms with Gasteiger partial charge in [-0.2, -0.15) is 0 Å². The van der Waals surface area contributed by atoms with Gasteiger partial charge in [-0.3, -0.25) is 19.5 Å². The van der Waals surface area contributed by atoms with Crippen molar-refractivity contribution in [2.24, 2.45) is 0 Å². The molecule has 1 unspecified atom stereocenters. The van der Waals surface area contributed by atoms with Crippen LogP contribution in [0.4, 0.5) is 5.69 Å². The van der Waals surface area contributed by atoms with Crippen LogP contribution in [0.2, 0.25) is 0 Å². The second kappa shape index (κ2) is 8.56. The molecule has 156 valence electrons. The first-order valence-electron chi connectivity index (χ1n) is 10.3. The summed E-state index contributed by atoms with van der Waals surface area (Å²) in [6, 6.07) is 18.3. The molecule has 0 saturated carbocycles. The zero-order valence-electron chi connectivity index (χ0n) is 17.6. The van der Waals surface area contributed by atoms with Crippen molar-refractivity contribution >= 4 is 17.4 Å². The first-order chi connectivity index (χ1) is 15.0. The minimum absolute atomic E-state index is 0.134. The largest absolute Gasteiger partial charge is 0.503 e. The highest BCUT2D eigenvalue weighted by Crippen LogP contribution is 2.42. The van der Waals surface area contributed by atoms with Gasteiger partial charge in [-0.05, 0) is 54.7 Å². The Kier molecular flexibility index (Phi) is 5.67. The van der Waals surface area contributed by atoms with Gasteiger partial charge in [0.25, 0.3) is 5.91 Å². The maximum Gasteiger partial charge on any atom is 0.294 e. The predicted molar refractivity (Wildman–Crippen MR) is 120 cm³/mol. The number of carbonyl (C=O) groups excluding carboxylic acids is 2. The molecule has 1 atom stereocenters. The van der Waals surface area contributed by atoms with Gasteiger partial charge in [0.1, 0.15) is 0 Å². The Morgan fingerprint density at radius 3 is 2.52 bits per heavy atom. The Balaban J connectivity index is 1.75. The number of carbonyl (C=O) groups is 2. The van der Waals surface area contributed by atoms with Crippen molar-refractivity contribution in [1.82, 2.24) is 4.98 Å². The molecule has 0 aliphatic carbocycles. The monoisotopic (exact) mass is 412 g/mol. The van der Waals surface area contributed by atoms with E-state index in [9.17, 15) is 14.7 Å². The maximum absolute atomic E-state index is 13.3. The van der Waals surface area contributed by atoms with E-state index in [-0.39, 0.29) is 17.8 Å². The van der Waals surface area contributed by atoms with E-state index in [0.717, 1.165) is 16.7 Å². The van der Waals surface area contributed by atoms with E-state index in [1.807, 2.05) is 68.4 Å². The van der Waals surface area contributed by atoms with E-state index in [4.69, 9.17) is 0 Å². The van der Waals surface area contributed by atoms with Crippen LogP contribution in [0, 0.1) is 13.8 Å². The first kappa shape index (κ1) is 20.5. The Hall–Kier alpha value is -3.73. The molecule has 2 aromatic carbocycles. The van der Waals surface area contributed by atoms with Gasteiger partial charge in [0, 0.05) is 24.5 Å². The van der Waals surface area contributed by atoms with Crippen molar-refractivity contribution in [1.29, 1.82) is 0 Å². The molecule has 3 aromatic rings. The molecule has 1 aromatic heterocycles. The fourth-order valence-corrected chi connectivity index (χ4v) is 4.03. The molecule has 5 heteroatoms. The maximum atomic E-state index is 13.3. The normalized spacial score (nSPS) is 16.1. The third-order valence-electron chi connectivity index (χ3n) is 5.83. The van der Waals surface area contributed by atoms with Gasteiger partial charge in [0.2, 0.25) is 0 Å². The zero-order valence-corrected chi connectivity index (χ0v) is 17.6. The van der Waals surface area contributed by atoms with Crippen LogP contribution in [0.5, 0.6) is 0 Å². The molecule has 0 bridgehead atoms. The molecule has 1 aliphatic heterocycles. The number of Topliss-reactive ketones (excluding diaryl/α,β-unsaturated/α-hetero) is 1. The van der Waals surface area contributed by atoms with Crippen molar-refractivity contribution in [2.45, 2.75) is 32.7 Å². The number of aryl methyl sites for hydroxylation is 2. The van der Waals surface area contributed by atoms with Gasteiger partial charge in [-0.1, -0.05) is 48.5 Å². The third-order valence-corrected chi connectivity index (χ3v) is 5.83. The summed E-state index contributed by atoms with van der Waals surface area (Å²) in [5.74, 6) is -1.28. The number of aromatic nitrogens is 1. The molecule has 0 radical (unpaired) electrons. The molecule has 0 fully saturated rings. The van der Waals surface area contributed by atoms with Crippen molar-refractivity contribution < 1.29 is 14.7 Å². The van der Waals surface area contributed by atoms with Crippen LogP contribution in [0.3, 0.4) is 0 Å². The lowest BCUT2D eigenvalue weighted by atomic mass is 9.93. The van der Waals surface area contributed by atoms with Crippen LogP contribution in [-0.4, -0.2) is 21.8 Å². The van der Waals surface area contributed by atoms with Gasteiger partial charge in [0.15, 0.2) is 11.5 Å². The van der Waals surface area contributed by atoms with Gasteiger partial charge >= 0.3 is 0 Å². The summed E-state index contributed by atoms with van der Waals surface area (Å²) < 4.78 is 0. The Labute approximate surface area is 181 Å². The third kappa shape index (κ3) is 3.87. The average Bonchev–Trinajstić information content (AvgIpc) is 3.06. The molecule has 1 N–H and O–H groups in total. The number of hydrogen-bond acceptors (Lipinski definition) is 4. The number of hydrogen-bond donors (Lipinski definition) is 1. The molecule has 5 nitrogen and oxygen atoms in total. The van der Waals surface area contributed by atoms with Gasteiger partial charge in [-0.15, -0.1) is 0 Å². The zero-order chi connectivity index (χ0) is 22.0. The molecule has 0 spiro atoms. The summed E-state index contributed by atoms with van der Waals surface area (Å²) in [6.07, 6.45) is 4.02. The fourth-order valence-electron chi connectivity index (χ4n) is 4.03. The predicted octanol–water partition coefficient (Wildman–Crippen LogP) is 4.80. The second-order valence-corrected chi connectivity index (χ2v) is 7.75. The van der Waals surface area contributed by atoms with Gasteiger partial charge < -0.3 is 5.11 Å². The number of nitrogens with zero attached hydrogens (tertiary/aromatic N) is 2. The number of benzene rings is 2. The summed E-state index contributed by atoms with van der Waals surface area (Å²) in [7, 11) is 0. The topological polar surface area (TPSA) is 70.5 Å². The Morgan fingerprint density at radius 2 is 1.81 bits per heavy atom. The molecular weight excluding hydrogens is 388 g/mol. The SMILES string of the molecule is Cc1cccc(N2C(=O)C(O)=C(C(=O)CCc3ccccc3)C2c2cccnc2)c1C. The molecule has 2 heterocycles. The number of pyridine rings is 1. The lowest BCUT2D eigenvalue weighted by molar-refractivity contribution is -0.118. The van der Waals surface area contributed by atoms with Crippen molar-refractivity contribution in [3.8, 4) is 0 Å². The summed E-state index contributed by atoms with van der Waals surface area (Å²) in [5, 5.41) is 10.8. The average molecular weight is 412 g/mol. The molecule has 1 amide bonds. The number of aliphatic hydroxyl groups excluding tert-OH is 1. The summed E-state index contributed by atoms with van der Waals surface area (Å²) in [5.41, 5.74) is 4.48. The van der Waals surface area contributed by atoms with Crippen LogP contribution >= 0.6 is 0 Å². The van der Waals surface area contributed by atoms with Crippen LogP contribution in [0.1, 0.15) is 34.7 Å². The van der Waals surface area contributed by atoms with Crippen molar-refractivity contribution in [2.75, 3.05) is 4.90 Å². The summed E-state index contributed by atoms with van der Waals surface area (Å²) in [4.78, 5) is 32.2. The van der Waals surface area contributed by atoms with E-state index in [1.54, 1.807) is 18.5 Å². The van der Waals surface area contributed by atoms with E-state index in [0.29, 0.717) is 17.7 Å². The molecule has 4 rings (SSSR count). The van der Waals surface area contributed by atoms with Crippen molar-refractivity contribution in [3.63, 3.8) is 0 Å². The molecule has 0 saturated heterocycles. The Bertz CT molecular complexity index is 1150. The van der Waals surface area contributed by atoms with Crippen LogP contribution < -0.4 is 4.90 Å². The minimum atomic E-state index is -0.718. The number of ketones is 1. The highest BCUT2D eigenvalue weighted by Gasteiger charge is 2.44. The first-order valence-corrected chi connectivity index (χ1v) is 10.3. The molecular formula is C26H24N2O3. The van der Waals surface area contributed by atoms with Crippen LogP contribution in [0.15, 0.2) is 84.4 Å². The summed E-state index contributed by atoms with van der Waals surface area (Å²) >= 11 is 0. The number of anilines is 1. The lowest BCUT2D eigenvalue weighted by Gasteiger charge is -2.28. The minimum Gasteiger partial charge on any atom is -0.503 e. The highest BCUT2D eigenvalue weighted by atomic mass is 16.3. The number of amides is 1. The van der Waals surface area contributed by atoms with E-state index < -0.39 is 17.7 Å². The molecule has 1 aliphatic rings. The van der Waals surface area contributed by atoms with Crippen LogP contribution in [0.25, 0.3) is 0 Å². The fraction of sp³-hybridized carbons (Fsp3) is 0.192.